The van der Waals surface area contributed by atoms with E-state index in [9.17, 15) is 5.26 Å². The van der Waals surface area contributed by atoms with Crippen LogP contribution in [0.3, 0.4) is 0 Å². The minimum absolute atomic E-state index is 0.0795. The first-order valence-electron chi connectivity index (χ1n) is 11.0. The van der Waals surface area contributed by atoms with Gasteiger partial charge in [-0.25, -0.2) is 4.68 Å². The molecule has 0 bridgehead atoms. The Morgan fingerprint density at radius 3 is 2.63 bits per heavy atom. The monoisotopic (exact) mass is 519 g/mol. The number of nitriles is 1. The summed E-state index contributed by atoms with van der Waals surface area (Å²) in [6.45, 7) is 0. The van der Waals surface area contributed by atoms with Crippen molar-refractivity contribution in [3.8, 4) is 28.8 Å². The summed E-state index contributed by atoms with van der Waals surface area (Å²) in [6, 6.07) is 28.0. The van der Waals surface area contributed by atoms with Crippen LogP contribution in [0.25, 0.3) is 27.8 Å². The zero-order valence-electron chi connectivity index (χ0n) is 18.4. The third kappa shape index (κ3) is 3.56. The van der Waals surface area contributed by atoms with Gasteiger partial charge in [0.15, 0.2) is 5.75 Å². The molecule has 7 heteroatoms. The number of aromatic nitrogens is 3. The van der Waals surface area contributed by atoms with Gasteiger partial charge in [-0.3, -0.25) is 4.98 Å². The number of hydrogen-bond acceptors (Lipinski definition) is 5. The van der Waals surface area contributed by atoms with Crippen LogP contribution in [-0.2, 0) is 0 Å². The lowest BCUT2D eigenvalue weighted by Crippen LogP contribution is -2.21. The maximum Gasteiger partial charge on any atom is 0.205 e. The van der Waals surface area contributed by atoms with Gasteiger partial charge in [0.05, 0.1) is 17.3 Å². The molecular weight excluding hydrogens is 502 g/mol. The number of nitrogens with zero attached hydrogens (tertiary/aromatic N) is 4. The summed E-state index contributed by atoms with van der Waals surface area (Å²) in [7, 11) is 0. The highest BCUT2D eigenvalue weighted by molar-refractivity contribution is 9.10. The molecule has 3 heterocycles. The zero-order chi connectivity index (χ0) is 23.9. The molecule has 6 rings (SSSR count). The first-order valence-corrected chi connectivity index (χ1v) is 11.8. The van der Waals surface area contributed by atoms with E-state index in [1.165, 1.54) is 0 Å². The molecular formula is C28H18BrN5O. The molecule has 0 saturated heterocycles. The van der Waals surface area contributed by atoms with E-state index in [-0.39, 0.29) is 5.88 Å². The number of ether oxygens (including phenoxy) is 1. The highest BCUT2D eigenvalue weighted by Gasteiger charge is 2.35. The second-order valence-electron chi connectivity index (χ2n) is 8.21. The Bertz CT molecular complexity index is 1670. The third-order valence-electron chi connectivity index (χ3n) is 6.13. The van der Waals surface area contributed by atoms with Crippen LogP contribution in [0.1, 0.15) is 17.0 Å². The van der Waals surface area contributed by atoms with Crippen molar-refractivity contribution in [1.29, 1.82) is 5.26 Å². The second-order valence-corrected chi connectivity index (χ2v) is 9.12. The van der Waals surface area contributed by atoms with Crippen molar-refractivity contribution in [2.24, 2.45) is 5.73 Å². The number of allylic oxidation sites excluding steroid dienone is 1. The molecule has 0 saturated carbocycles. The third-order valence-corrected chi connectivity index (χ3v) is 6.62. The summed E-state index contributed by atoms with van der Waals surface area (Å²) in [6.07, 6.45) is 3.69. The van der Waals surface area contributed by atoms with Crippen molar-refractivity contribution in [1.82, 2.24) is 14.8 Å². The van der Waals surface area contributed by atoms with Crippen LogP contribution in [-0.4, -0.2) is 14.8 Å². The van der Waals surface area contributed by atoms with Gasteiger partial charge in [-0.15, -0.1) is 0 Å². The Kier molecular flexibility index (Phi) is 5.09. The fourth-order valence-electron chi connectivity index (χ4n) is 4.55. The van der Waals surface area contributed by atoms with Gasteiger partial charge in [0, 0.05) is 38.9 Å². The molecule has 6 nitrogen and oxygen atoms in total. The van der Waals surface area contributed by atoms with Crippen LogP contribution in [0.5, 0.6) is 5.75 Å². The quantitative estimate of drug-likeness (QED) is 0.312. The van der Waals surface area contributed by atoms with E-state index < -0.39 is 5.92 Å². The van der Waals surface area contributed by atoms with Gasteiger partial charge in [-0.1, -0.05) is 64.5 Å². The Morgan fingerprint density at radius 2 is 1.83 bits per heavy atom. The van der Waals surface area contributed by atoms with E-state index in [2.05, 4.69) is 27.0 Å². The summed E-state index contributed by atoms with van der Waals surface area (Å²) in [5, 5.41) is 16.0. The molecule has 35 heavy (non-hydrogen) atoms. The van der Waals surface area contributed by atoms with E-state index in [1.807, 2.05) is 89.7 Å². The average Bonchev–Trinajstić information content (AvgIpc) is 3.33. The van der Waals surface area contributed by atoms with Gasteiger partial charge >= 0.3 is 0 Å². The van der Waals surface area contributed by atoms with Crippen LogP contribution in [0.4, 0.5) is 0 Å². The number of fused-ring (bicyclic) bond motifs is 3. The lowest BCUT2D eigenvalue weighted by atomic mass is 9.82. The summed E-state index contributed by atoms with van der Waals surface area (Å²) >= 11 is 3.58. The number of rotatable bonds is 3. The van der Waals surface area contributed by atoms with Gasteiger partial charge in [0.1, 0.15) is 17.2 Å². The largest absolute Gasteiger partial charge is 0.438 e. The van der Waals surface area contributed by atoms with Crippen molar-refractivity contribution in [3.05, 3.63) is 118 Å². The average molecular weight is 520 g/mol. The number of hydrogen-bond donors (Lipinski definition) is 1. The minimum Gasteiger partial charge on any atom is -0.438 e. The van der Waals surface area contributed by atoms with Gasteiger partial charge in [0.25, 0.3) is 0 Å². The highest BCUT2D eigenvalue weighted by atomic mass is 79.9. The van der Waals surface area contributed by atoms with Crippen molar-refractivity contribution < 1.29 is 4.74 Å². The maximum atomic E-state index is 10.1. The molecule has 2 N–H and O–H groups in total. The maximum absolute atomic E-state index is 10.1. The van der Waals surface area contributed by atoms with Gasteiger partial charge in [-0.2, -0.15) is 10.4 Å². The molecule has 1 atom stereocenters. The van der Waals surface area contributed by atoms with E-state index >= 15 is 0 Å². The molecule has 3 aromatic carbocycles. The predicted octanol–water partition coefficient (Wildman–Crippen LogP) is 6.07. The molecule has 0 amide bonds. The predicted molar refractivity (Wildman–Crippen MR) is 138 cm³/mol. The van der Waals surface area contributed by atoms with Crippen molar-refractivity contribution >= 4 is 26.8 Å². The summed E-state index contributed by atoms with van der Waals surface area (Å²) < 4.78 is 8.77. The highest BCUT2D eigenvalue weighted by Crippen LogP contribution is 2.47. The molecule has 0 radical (unpaired) electrons. The van der Waals surface area contributed by atoms with Crippen molar-refractivity contribution in [2.75, 3.05) is 0 Å². The molecule has 168 valence electrons. The number of nitrogens with two attached hydrogens (primary N) is 1. The van der Waals surface area contributed by atoms with Crippen LogP contribution in [0, 0.1) is 11.3 Å². The van der Waals surface area contributed by atoms with E-state index in [4.69, 9.17) is 15.6 Å². The fourth-order valence-corrected chi connectivity index (χ4v) is 4.94. The van der Waals surface area contributed by atoms with Gasteiger partial charge < -0.3 is 10.5 Å². The first-order chi connectivity index (χ1) is 17.1. The summed E-state index contributed by atoms with van der Waals surface area (Å²) in [5.41, 5.74) is 11.6. The van der Waals surface area contributed by atoms with Gasteiger partial charge in [0.2, 0.25) is 5.88 Å². The van der Waals surface area contributed by atoms with Gasteiger partial charge in [-0.05, 0) is 30.3 Å². The number of benzene rings is 3. The Morgan fingerprint density at radius 1 is 0.971 bits per heavy atom. The molecule has 1 unspecified atom stereocenters. The van der Waals surface area contributed by atoms with Crippen LogP contribution in [0.15, 0.2) is 107 Å². The van der Waals surface area contributed by atoms with Crippen molar-refractivity contribution in [2.45, 2.75) is 5.92 Å². The molecule has 0 fully saturated rings. The normalized spacial score (nSPS) is 14.9. The molecule has 1 aliphatic rings. The number of pyridine rings is 1. The minimum atomic E-state index is -0.471. The van der Waals surface area contributed by atoms with Crippen LogP contribution >= 0.6 is 15.9 Å². The van der Waals surface area contributed by atoms with Crippen molar-refractivity contribution in [3.63, 3.8) is 0 Å². The molecule has 1 aliphatic heterocycles. The lowest BCUT2D eigenvalue weighted by Gasteiger charge is -2.26. The standard InChI is InChI=1S/C28H18BrN5O/c29-19-8-4-6-18(14-19)25-23(16-34(33-25)20-9-2-1-3-10-20)24-21-12-11-17-7-5-13-32-26(17)27(21)35-28(31)22(24)15-30/h1-14,16,24H,31H2. The van der Waals surface area contributed by atoms with E-state index in [0.29, 0.717) is 16.8 Å². The summed E-state index contributed by atoms with van der Waals surface area (Å²) in [4.78, 5) is 4.54. The lowest BCUT2D eigenvalue weighted by molar-refractivity contribution is 0.397. The topological polar surface area (TPSA) is 89.8 Å². The van der Waals surface area contributed by atoms with Crippen LogP contribution in [0.2, 0.25) is 0 Å². The summed E-state index contributed by atoms with van der Waals surface area (Å²) in [5.74, 6) is 0.176. The fraction of sp³-hybridized carbons (Fsp3) is 0.0357. The number of para-hydroxylation sites is 1. The first kappa shape index (κ1) is 21.1. The Labute approximate surface area is 210 Å². The molecule has 0 aliphatic carbocycles. The zero-order valence-corrected chi connectivity index (χ0v) is 20.0. The van der Waals surface area contributed by atoms with Crippen LogP contribution < -0.4 is 10.5 Å². The SMILES string of the molecule is N#CC1=C(N)Oc2c(ccc3cccnc23)C1c1cn(-c2ccccc2)nc1-c1cccc(Br)c1. The Hall–Kier alpha value is -4.41. The smallest absolute Gasteiger partial charge is 0.205 e. The van der Waals surface area contributed by atoms with E-state index in [1.54, 1.807) is 6.20 Å². The number of halogens is 1. The molecule has 2 aromatic heterocycles. The second kappa shape index (κ2) is 8.42. The molecule has 5 aromatic rings. The Balaban J connectivity index is 1.65. The van der Waals surface area contributed by atoms with E-state index in [0.717, 1.165) is 37.9 Å². The molecule has 0 spiro atoms.